The van der Waals surface area contributed by atoms with Crippen molar-refractivity contribution in [2.45, 2.75) is 47.5 Å². The topological polar surface area (TPSA) is 180 Å². The molecule has 0 saturated carbocycles. The molecule has 60 heavy (non-hydrogen) atoms. The zero-order chi connectivity index (χ0) is 69.8. The van der Waals surface area contributed by atoms with E-state index in [-0.39, 0.29) is 5.56 Å². The van der Waals surface area contributed by atoms with Crippen molar-refractivity contribution >= 4 is 29.7 Å². The van der Waals surface area contributed by atoms with Gasteiger partial charge in [-0.3, -0.25) is 9.59 Å². The number of carboxylic acids is 3. The number of nitrogens with zero attached hydrogens (tertiary/aromatic N) is 2. The second-order valence-corrected chi connectivity index (χ2v) is 11.8. The molecule has 3 N–H and O–H groups in total. The summed E-state index contributed by atoms with van der Waals surface area (Å²) in [5.41, 5.74) is -11.6. The van der Waals surface area contributed by atoms with Gasteiger partial charge >= 0.3 is 17.9 Å². The third-order valence-corrected chi connectivity index (χ3v) is 7.52. The van der Waals surface area contributed by atoms with Crippen LogP contribution in [0.5, 0.6) is 17.2 Å². The average molecular weight is 847 g/mol. The van der Waals surface area contributed by atoms with Gasteiger partial charge in [-0.05, 0) is 99.6 Å². The molecular weight excluding hydrogens is 769 g/mol. The van der Waals surface area contributed by atoms with Crippen molar-refractivity contribution in [1.29, 1.82) is 0 Å². The number of carbonyl (C=O) groups excluding carboxylic acids is 2. The SMILES string of the molecule is [2H]c1c([2H])c([2H])c(C(=O)N(C([2H])([2H])c2cc(C)cc(-c3cc(C)cc(-c4cc(C)cc(C([2H])([2H])N(C(=O)c5c([2H])c([2H])c([2H])c([2H])c5[2H])C([2H])([2H])C([2H])([2H])[2H])c4OC([2H])([2H])C(=O)O)c3OC([2H])([2H])C(=O)O)c2OC([2H])([2H])C(=O)O)C([2H])([2H])C([2H])([2H])[2H])c([2H])c1[2H]. The van der Waals surface area contributed by atoms with Crippen LogP contribution in [0.4, 0.5) is 0 Å². The van der Waals surface area contributed by atoms with Gasteiger partial charge < -0.3 is 39.3 Å². The summed E-state index contributed by atoms with van der Waals surface area (Å²) in [7, 11) is 0. The maximum Gasteiger partial charge on any atom is 0.341 e. The fourth-order valence-electron chi connectivity index (χ4n) is 5.34. The van der Waals surface area contributed by atoms with Gasteiger partial charge in [0.05, 0.1) is 27.4 Å². The number of rotatable bonds is 19. The molecule has 0 aromatic heterocycles. The number of ether oxygens (including phenoxy) is 3. The van der Waals surface area contributed by atoms with Gasteiger partial charge in [-0.2, -0.15) is 0 Å². The highest BCUT2D eigenvalue weighted by Crippen LogP contribution is 2.48. The van der Waals surface area contributed by atoms with Gasteiger partial charge in [-0.15, -0.1) is 0 Å². The smallest absolute Gasteiger partial charge is 0.341 e. The van der Waals surface area contributed by atoms with E-state index in [9.17, 15) is 44.8 Å². The van der Waals surface area contributed by atoms with Gasteiger partial charge in [0.15, 0.2) is 19.7 Å². The van der Waals surface area contributed by atoms with Crippen molar-refractivity contribution in [3.8, 4) is 39.5 Å². The highest BCUT2D eigenvalue weighted by molar-refractivity contribution is 5.95. The standard InChI is InChI=1S/C47H48N2O11/c1-6-48(46(56)32-14-10-8-11-15-32)24-34-18-29(3)20-36(43(34)58-26-40(50)51)38-22-31(5)23-39(45(38)60-28-42(54)55)37-21-30(4)19-35(44(37)59-27-41(52)53)25-49(7-2)47(57)33-16-12-9-13-17-33/h8-23H,6-7,24-28H2,1-5H3,(H,50,51)(H,52,53)(H,54,55)/i1D3,2D3,6D2,7D2,8D,9D,10D,11D,12D,13D,14D,15D,16D,17D,24D2,25D2,26D2,27D2,28D2. The van der Waals surface area contributed by atoms with E-state index >= 15 is 0 Å². The van der Waals surface area contributed by atoms with Crippen LogP contribution < -0.4 is 14.2 Å². The summed E-state index contributed by atoms with van der Waals surface area (Å²) in [4.78, 5) is 66.0. The lowest BCUT2D eigenvalue weighted by Crippen LogP contribution is -2.30. The molecule has 0 aliphatic rings. The number of hydrogen-bond donors (Lipinski definition) is 3. The highest BCUT2D eigenvalue weighted by atomic mass is 16.5. The first-order valence-corrected chi connectivity index (χ1v) is 16.5. The van der Waals surface area contributed by atoms with Crippen LogP contribution in [0, 0.1) is 20.8 Å². The quantitative estimate of drug-likeness (QED) is 0.0743. The molecule has 0 saturated heterocycles. The Balaban J connectivity index is 2.15. The number of aryl methyl sites for hydroxylation is 3. The van der Waals surface area contributed by atoms with E-state index in [0.717, 1.165) is 45.0 Å². The molecule has 2 amide bonds. The maximum atomic E-state index is 14.8. The largest absolute Gasteiger partial charge is 0.481 e. The van der Waals surface area contributed by atoms with E-state index < -0.39 is 232 Å². The van der Waals surface area contributed by atoms with Crippen LogP contribution in [0.2, 0.25) is 0 Å². The number of amides is 2. The van der Waals surface area contributed by atoms with Crippen molar-refractivity contribution in [2.24, 2.45) is 0 Å². The predicted octanol–water partition coefficient (Wildman–Crippen LogP) is 7.66. The Bertz CT molecular complexity index is 3540. The Labute approximate surface area is 390 Å². The normalized spacial score (nSPS) is 20.1. The van der Waals surface area contributed by atoms with Crippen molar-refractivity contribution in [1.82, 2.24) is 9.80 Å². The monoisotopic (exact) mass is 847 g/mol. The van der Waals surface area contributed by atoms with E-state index in [1.165, 1.54) is 0 Å². The minimum absolute atomic E-state index is 0.312. The molecule has 0 spiro atoms. The Morgan fingerprint density at radius 3 is 1.18 bits per heavy atom. The Morgan fingerprint density at radius 2 is 0.850 bits per heavy atom. The molecule has 0 heterocycles. The predicted molar refractivity (Wildman–Crippen MR) is 225 cm³/mol. The minimum Gasteiger partial charge on any atom is -0.481 e. The first-order chi connectivity index (χ1) is 40.4. The lowest BCUT2D eigenvalue weighted by molar-refractivity contribution is -0.140. The summed E-state index contributed by atoms with van der Waals surface area (Å²) in [5.74, 6) is -17.0. The van der Waals surface area contributed by atoms with Gasteiger partial charge in [-0.1, -0.05) is 48.4 Å². The average Bonchev–Trinajstić information content (AvgIpc) is 0.735. The molecule has 5 aromatic carbocycles. The molecule has 13 heteroatoms. The molecular formula is C47H48N2O11. The van der Waals surface area contributed by atoms with E-state index in [4.69, 9.17) is 49.9 Å². The Hall–Kier alpha value is -7.15. The summed E-state index contributed by atoms with van der Waals surface area (Å²) in [6.45, 7) is -35.4. The zero-order valence-corrected chi connectivity index (χ0v) is 31.0. The van der Waals surface area contributed by atoms with Gasteiger partial charge in [0, 0.05) is 84.2 Å². The van der Waals surface area contributed by atoms with Gasteiger partial charge in [0.25, 0.3) is 11.8 Å². The molecule has 0 bridgehead atoms. The molecule has 0 aliphatic heterocycles. The van der Waals surface area contributed by atoms with Crippen LogP contribution in [0.25, 0.3) is 22.3 Å². The molecule has 0 aliphatic carbocycles. The number of aliphatic carboxylic acids is 3. The van der Waals surface area contributed by atoms with Crippen LogP contribution >= 0.6 is 0 Å². The fraction of sp³-hybridized carbons (Fsp3) is 0.255. The molecule has 13 nitrogen and oxygen atoms in total. The summed E-state index contributed by atoms with van der Waals surface area (Å²) in [5, 5.41) is 30.5. The van der Waals surface area contributed by atoms with Gasteiger partial charge in [0.1, 0.15) is 17.2 Å². The summed E-state index contributed by atoms with van der Waals surface area (Å²) < 4.78 is 272. The number of carboxylic acid groups (broad SMARTS) is 3. The molecule has 5 aromatic rings. The second kappa shape index (κ2) is 20.0. The highest BCUT2D eigenvalue weighted by Gasteiger charge is 2.27. The van der Waals surface area contributed by atoms with Crippen LogP contribution in [0.15, 0.2) is 96.8 Å². The second-order valence-electron chi connectivity index (χ2n) is 11.8. The molecule has 0 unspecified atom stereocenters. The number of hydrogen-bond acceptors (Lipinski definition) is 8. The summed E-state index contributed by atoms with van der Waals surface area (Å²) in [6, 6.07) is -9.10. The van der Waals surface area contributed by atoms with E-state index in [1.54, 1.807) is 0 Å². The van der Waals surface area contributed by atoms with Gasteiger partial charge in [0.2, 0.25) is 0 Å². The van der Waals surface area contributed by atoms with E-state index in [0.29, 0.717) is 12.1 Å². The van der Waals surface area contributed by atoms with Crippen molar-refractivity contribution < 1.29 is 94.6 Å². The van der Waals surface area contributed by atoms with E-state index in [1.807, 2.05) is 0 Å². The van der Waals surface area contributed by atoms with Crippen LogP contribution in [0.3, 0.4) is 0 Å². The van der Waals surface area contributed by atoms with Crippen LogP contribution in [0.1, 0.15) is 103 Å². The number of benzene rings is 5. The lowest BCUT2D eigenvalue weighted by Gasteiger charge is -2.26. The third-order valence-electron chi connectivity index (χ3n) is 7.52. The third kappa shape index (κ3) is 10.9. The Morgan fingerprint density at radius 1 is 0.533 bits per heavy atom. The minimum atomic E-state index is -4.44. The molecule has 0 atom stereocenters. The fourth-order valence-corrected chi connectivity index (χ4v) is 5.34. The molecule has 5 rings (SSSR count). The van der Waals surface area contributed by atoms with Crippen LogP contribution in [-0.4, -0.2) is 87.5 Å². The summed E-state index contributed by atoms with van der Waals surface area (Å²) in [6.07, 6.45) is 0. The first-order valence-electron chi connectivity index (χ1n) is 31.5. The molecule has 0 radical (unpaired) electrons. The summed E-state index contributed by atoms with van der Waals surface area (Å²) >= 11 is 0. The van der Waals surface area contributed by atoms with Crippen molar-refractivity contribution in [2.75, 3.05) is 32.7 Å². The Kier molecular flexibility index (Phi) is 6.28. The lowest BCUT2D eigenvalue weighted by atomic mass is 9.90. The van der Waals surface area contributed by atoms with Crippen LogP contribution in [-0.2, 0) is 27.4 Å². The number of carbonyl (C=O) groups is 5. The van der Waals surface area contributed by atoms with Crippen molar-refractivity contribution in [3.63, 3.8) is 0 Å². The zero-order valence-electron chi connectivity index (χ0n) is 61.0. The van der Waals surface area contributed by atoms with Crippen molar-refractivity contribution in [3.05, 3.63) is 136 Å². The molecule has 312 valence electrons. The van der Waals surface area contributed by atoms with E-state index in [2.05, 4.69) is 0 Å². The molecule has 0 fully saturated rings. The maximum absolute atomic E-state index is 14.8. The first kappa shape index (κ1) is 18.8. The van der Waals surface area contributed by atoms with Gasteiger partial charge in [-0.25, -0.2) is 14.4 Å².